The van der Waals surface area contributed by atoms with Crippen LogP contribution >= 0.6 is 0 Å². The van der Waals surface area contributed by atoms with Crippen LogP contribution in [0.3, 0.4) is 0 Å². The molecule has 0 unspecified atom stereocenters. The highest BCUT2D eigenvalue weighted by Gasteiger charge is 2.08. The van der Waals surface area contributed by atoms with Gasteiger partial charge in [-0.1, -0.05) is 56.2 Å². The van der Waals surface area contributed by atoms with Gasteiger partial charge in [0.15, 0.2) is 0 Å². The summed E-state index contributed by atoms with van der Waals surface area (Å²) in [4.78, 5) is 0. The van der Waals surface area contributed by atoms with Gasteiger partial charge in [-0.25, -0.2) is 0 Å². The molecule has 0 aliphatic heterocycles. The molecule has 0 aromatic heterocycles. The van der Waals surface area contributed by atoms with Crippen LogP contribution in [0, 0.1) is 0 Å². The van der Waals surface area contributed by atoms with Crippen LogP contribution in [0.25, 0.3) is 0 Å². The third kappa shape index (κ3) is 4.58. The maximum Gasteiger partial charge on any atom is 0.120 e. The largest absolute Gasteiger partial charge is 0.489 e. The molecule has 0 aliphatic rings. The van der Waals surface area contributed by atoms with Crippen LogP contribution in [-0.4, -0.2) is 10.2 Å². The van der Waals surface area contributed by atoms with E-state index < -0.39 is 6.10 Å². The average Bonchev–Trinajstić information content (AvgIpc) is 2.58. The van der Waals surface area contributed by atoms with Gasteiger partial charge in [-0.2, -0.15) is 0 Å². The van der Waals surface area contributed by atoms with Gasteiger partial charge in [0.25, 0.3) is 0 Å². The Kier molecular flexibility index (Phi) is 6.44. The van der Waals surface area contributed by atoms with Crippen molar-refractivity contribution < 1.29 is 14.9 Å². The van der Waals surface area contributed by atoms with E-state index in [1.165, 1.54) is 0 Å². The molecule has 0 saturated heterocycles. The third-order valence-electron chi connectivity index (χ3n) is 3.76. The highest BCUT2D eigenvalue weighted by atomic mass is 16.5. The lowest BCUT2D eigenvalue weighted by Gasteiger charge is -2.13. The first-order valence-electron chi connectivity index (χ1n) is 7.83. The highest BCUT2D eigenvalue weighted by Crippen LogP contribution is 2.24. The summed E-state index contributed by atoms with van der Waals surface area (Å²) >= 11 is 0. The van der Waals surface area contributed by atoms with Gasteiger partial charge in [0.05, 0.1) is 12.7 Å². The molecule has 0 bridgehead atoms. The van der Waals surface area contributed by atoms with Gasteiger partial charge in [-0.15, -0.1) is 0 Å². The van der Waals surface area contributed by atoms with Crippen molar-refractivity contribution in [1.29, 1.82) is 0 Å². The van der Waals surface area contributed by atoms with Gasteiger partial charge >= 0.3 is 0 Å². The fourth-order valence-corrected chi connectivity index (χ4v) is 2.39. The molecular formula is C19H24O3. The van der Waals surface area contributed by atoms with E-state index in [1.54, 1.807) is 0 Å². The predicted molar refractivity (Wildman–Crippen MR) is 87.6 cm³/mol. The Bertz CT molecular complexity index is 580. The molecule has 22 heavy (non-hydrogen) atoms. The van der Waals surface area contributed by atoms with Crippen LogP contribution in [0.15, 0.2) is 48.5 Å². The Hall–Kier alpha value is -1.84. The molecule has 2 aromatic rings. The number of benzene rings is 2. The molecule has 2 aromatic carbocycles. The number of aliphatic hydroxyl groups is 2. The molecular weight excluding hydrogens is 276 g/mol. The fraction of sp³-hybridized carbons (Fsp3) is 0.368. The Balaban J connectivity index is 2.01. The van der Waals surface area contributed by atoms with E-state index in [0.717, 1.165) is 41.7 Å². The van der Waals surface area contributed by atoms with Crippen LogP contribution in [0.4, 0.5) is 0 Å². The van der Waals surface area contributed by atoms with Crippen molar-refractivity contribution in [2.45, 2.75) is 45.5 Å². The summed E-state index contributed by atoms with van der Waals surface area (Å²) in [6.45, 7) is 2.53. The lowest BCUT2D eigenvalue weighted by Crippen LogP contribution is -2.01. The van der Waals surface area contributed by atoms with Crippen LogP contribution < -0.4 is 4.74 Å². The Morgan fingerprint density at radius 3 is 2.55 bits per heavy atom. The number of ether oxygens (including phenoxy) is 1. The molecule has 0 spiro atoms. The normalized spacial score (nSPS) is 12.1. The first kappa shape index (κ1) is 16.5. The van der Waals surface area contributed by atoms with E-state index in [0.29, 0.717) is 6.61 Å². The summed E-state index contributed by atoms with van der Waals surface area (Å²) in [7, 11) is 0. The van der Waals surface area contributed by atoms with E-state index in [2.05, 4.69) is 6.92 Å². The van der Waals surface area contributed by atoms with E-state index in [-0.39, 0.29) is 6.61 Å². The third-order valence-corrected chi connectivity index (χ3v) is 3.76. The van der Waals surface area contributed by atoms with Gasteiger partial charge in [0, 0.05) is 0 Å². The van der Waals surface area contributed by atoms with Gasteiger partial charge in [-0.3, -0.25) is 0 Å². The quantitative estimate of drug-likeness (QED) is 0.775. The van der Waals surface area contributed by atoms with Gasteiger partial charge in [0.2, 0.25) is 0 Å². The summed E-state index contributed by atoms with van der Waals surface area (Å²) in [6.07, 6.45) is 2.42. The van der Waals surface area contributed by atoms with E-state index in [9.17, 15) is 10.2 Å². The number of rotatable bonds is 8. The van der Waals surface area contributed by atoms with Crippen molar-refractivity contribution in [3.63, 3.8) is 0 Å². The lowest BCUT2D eigenvalue weighted by atomic mass is 10.0. The highest BCUT2D eigenvalue weighted by molar-refractivity contribution is 5.31. The average molecular weight is 300 g/mol. The van der Waals surface area contributed by atoms with Crippen molar-refractivity contribution in [1.82, 2.24) is 0 Å². The number of hydrogen-bond donors (Lipinski definition) is 2. The second-order valence-corrected chi connectivity index (χ2v) is 5.45. The second-order valence-electron chi connectivity index (χ2n) is 5.45. The number of aliphatic hydroxyl groups excluding tert-OH is 2. The molecule has 0 amide bonds. The van der Waals surface area contributed by atoms with Crippen molar-refractivity contribution in [3.8, 4) is 5.75 Å². The molecule has 0 aliphatic carbocycles. The first-order valence-corrected chi connectivity index (χ1v) is 7.83. The van der Waals surface area contributed by atoms with Crippen molar-refractivity contribution in [3.05, 3.63) is 65.2 Å². The molecule has 3 heteroatoms. The van der Waals surface area contributed by atoms with Crippen molar-refractivity contribution >= 4 is 0 Å². The van der Waals surface area contributed by atoms with Crippen molar-refractivity contribution in [2.75, 3.05) is 0 Å². The zero-order valence-electron chi connectivity index (χ0n) is 13.0. The van der Waals surface area contributed by atoms with Gasteiger partial charge < -0.3 is 14.9 Å². The molecule has 0 radical (unpaired) electrons. The van der Waals surface area contributed by atoms with Crippen LogP contribution in [0.2, 0.25) is 0 Å². The smallest absolute Gasteiger partial charge is 0.120 e. The molecule has 0 fully saturated rings. The minimum Gasteiger partial charge on any atom is -0.489 e. The zero-order valence-corrected chi connectivity index (χ0v) is 13.0. The van der Waals surface area contributed by atoms with Crippen molar-refractivity contribution in [2.24, 2.45) is 0 Å². The molecule has 3 nitrogen and oxygen atoms in total. The van der Waals surface area contributed by atoms with Gasteiger partial charge in [0.1, 0.15) is 12.4 Å². The minimum absolute atomic E-state index is 0.00923. The first-order chi connectivity index (χ1) is 10.7. The number of hydrogen-bond acceptors (Lipinski definition) is 3. The minimum atomic E-state index is -0.437. The molecule has 1 atom stereocenters. The monoisotopic (exact) mass is 300 g/mol. The summed E-state index contributed by atoms with van der Waals surface area (Å²) in [5.74, 6) is 0.737. The SMILES string of the molecule is CCCC[C@@H](O)c1cccc(OCc2ccccc2CO)c1. The van der Waals surface area contributed by atoms with E-state index >= 15 is 0 Å². The Morgan fingerprint density at radius 2 is 1.82 bits per heavy atom. The number of unbranched alkanes of at least 4 members (excludes halogenated alkanes) is 1. The van der Waals surface area contributed by atoms with Crippen LogP contribution in [-0.2, 0) is 13.2 Å². The summed E-state index contributed by atoms with van der Waals surface area (Å²) in [5.41, 5.74) is 2.74. The molecule has 118 valence electrons. The molecule has 2 N–H and O–H groups in total. The second kappa shape index (κ2) is 8.57. The summed E-state index contributed by atoms with van der Waals surface area (Å²) < 4.78 is 5.81. The lowest BCUT2D eigenvalue weighted by molar-refractivity contribution is 0.163. The summed E-state index contributed by atoms with van der Waals surface area (Å²) in [5, 5.41) is 19.5. The maximum absolute atomic E-state index is 10.2. The summed E-state index contributed by atoms with van der Waals surface area (Å²) in [6, 6.07) is 15.3. The van der Waals surface area contributed by atoms with E-state index in [1.807, 2.05) is 48.5 Å². The topological polar surface area (TPSA) is 49.7 Å². The van der Waals surface area contributed by atoms with Gasteiger partial charge in [-0.05, 0) is 35.2 Å². The fourth-order valence-electron chi connectivity index (χ4n) is 2.39. The van der Waals surface area contributed by atoms with Crippen LogP contribution in [0.1, 0.15) is 49.0 Å². The van der Waals surface area contributed by atoms with E-state index in [4.69, 9.17) is 4.74 Å². The zero-order chi connectivity index (χ0) is 15.8. The predicted octanol–water partition coefficient (Wildman–Crippen LogP) is 3.98. The standard InChI is InChI=1S/C19H24O3/c1-2-3-11-19(21)15-9-6-10-18(12-15)22-14-17-8-5-4-7-16(17)13-20/h4-10,12,19-21H,2-3,11,13-14H2,1H3/t19-/m1/s1. The Morgan fingerprint density at radius 1 is 1.05 bits per heavy atom. The Labute approximate surface area is 132 Å². The molecule has 0 saturated carbocycles. The maximum atomic E-state index is 10.2. The van der Waals surface area contributed by atoms with Crippen LogP contribution in [0.5, 0.6) is 5.75 Å². The molecule has 2 rings (SSSR count). The molecule has 0 heterocycles.